The van der Waals surface area contributed by atoms with E-state index < -0.39 is 5.97 Å². The first-order valence-corrected chi connectivity index (χ1v) is 7.25. The molecule has 3 nitrogen and oxygen atoms in total. The zero-order valence-electron chi connectivity index (χ0n) is 11.9. The Morgan fingerprint density at radius 1 is 1.45 bits per heavy atom. The number of piperidine rings is 1. The Morgan fingerprint density at radius 3 is 2.75 bits per heavy atom. The Bertz CT molecular complexity index is 456. The first kappa shape index (κ1) is 15.0. The SMILES string of the molecule is CC(Cc1cccc(F)c1)N1CCC(CC(=O)O)CC1. The summed E-state index contributed by atoms with van der Waals surface area (Å²) in [5.74, 6) is -0.573. The van der Waals surface area contributed by atoms with Crippen molar-refractivity contribution in [2.75, 3.05) is 13.1 Å². The standard InChI is InChI=1S/C16H22FNO2/c1-12(9-14-3-2-4-15(17)10-14)18-7-5-13(6-8-18)11-16(19)20/h2-4,10,12-13H,5-9,11H2,1H3,(H,19,20). The second kappa shape index (κ2) is 6.84. The van der Waals surface area contributed by atoms with Gasteiger partial charge < -0.3 is 10.0 Å². The summed E-state index contributed by atoms with van der Waals surface area (Å²) in [5, 5.41) is 8.81. The number of nitrogens with zero attached hydrogens (tertiary/aromatic N) is 1. The van der Waals surface area contributed by atoms with Gasteiger partial charge in [0.15, 0.2) is 0 Å². The van der Waals surface area contributed by atoms with Gasteiger partial charge in [0.2, 0.25) is 0 Å². The summed E-state index contributed by atoms with van der Waals surface area (Å²) in [6.07, 6.45) is 3.01. The fourth-order valence-electron chi connectivity index (χ4n) is 2.98. The van der Waals surface area contributed by atoms with Crippen LogP contribution >= 0.6 is 0 Å². The molecule has 4 heteroatoms. The van der Waals surface area contributed by atoms with E-state index in [2.05, 4.69) is 11.8 Å². The molecule has 0 amide bonds. The third-order valence-electron chi connectivity index (χ3n) is 4.16. The van der Waals surface area contributed by atoms with Gasteiger partial charge in [-0.1, -0.05) is 12.1 Å². The number of likely N-dealkylation sites (tertiary alicyclic amines) is 1. The summed E-state index contributed by atoms with van der Waals surface area (Å²) in [6.45, 7) is 4.03. The van der Waals surface area contributed by atoms with Crippen LogP contribution in [0.25, 0.3) is 0 Å². The lowest BCUT2D eigenvalue weighted by Crippen LogP contribution is -2.41. The lowest BCUT2D eigenvalue weighted by Gasteiger charge is -2.35. The molecule has 20 heavy (non-hydrogen) atoms. The van der Waals surface area contributed by atoms with Crippen molar-refractivity contribution >= 4 is 5.97 Å². The van der Waals surface area contributed by atoms with Gasteiger partial charge in [0.05, 0.1) is 0 Å². The second-order valence-corrected chi connectivity index (χ2v) is 5.76. The highest BCUT2D eigenvalue weighted by molar-refractivity contribution is 5.67. The molecule has 1 fully saturated rings. The van der Waals surface area contributed by atoms with Gasteiger partial charge >= 0.3 is 5.97 Å². The predicted molar refractivity (Wildman–Crippen MR) is 76.1 cm³/mol. The molecule has 1 N–H and O–H groups in total. The molecule has 0 saturated carbocycles. The van der Waals surface area contributed by atoms with Gasteiger partial charge in [0.1, 0.15) is 5.82 Å². The number of hydrogen-bond acceptors (Lipinski definition) is 2. The highest BCUT2D eigenvalue weighted by Gasteiger charge is 2.24. The Morgan fingerprint density at radius 2 is 2.15 bits per heavy atom. The third-order valence-corrected chi connectivity index (χ3v) is 4.16. The van der Waals surface area contributed by atoms with Crippen LogP contribution in [0.5, 0.6) is 0 Å². The summed E-state index contributed by atoms with van der Waals surface area (Å²) in [7, 11) is 0. The Kier molecular flexibility index (Phi) is 5.12. The molecule has 1 aliphatic rings. The topological polar surface area (TPSA) is 40.5 Å². The van der Waals surface area contributed by atoms with Crippen LogP contribution in [-0.2, 0) is 11.2 Å². The number of halogens is 1. The molecule has 0 bridgehead atoms. The third kappa shape index (κ3) is 4.30. The minimum absolute atomic E-state index is 0.185. The van der Waals surface area contributed by atoms with Gasteiger partial charge in [0, 0.05) is 12.5 Å². The summed E-state index contributed by atoms with van der Waals surface area (Å²) in [5.41, 5.74) is 1.02. The number of carboxylic acid groups (broad SMARTS) is 1. The van der Waals surface area contributed by atoms with Crippen molar-refractivity contribution in [2.24, 2.45) is 5.92 Å². The first-order chi connectivity index (χ1) is 9.54. The van der Waals surface area contributed by atoms with Crippen molar-refractivity contribution in [2.45, 2.75) is 38.6 Å². The average molecular weight is 279 g/mol. The van der Waals surface area contributed by atoms with Crippen molar-refractivity contribution in [1.82, 2.24) is 4.90 Å². The van der Waals surface area contributed by atoms with E-state index in [0.29, 0.717) is 12.0 Å². The van der Waals surface area contributed by atoms with Crippen LogP contribution in [-0.4, -0.2) is 35.1 Å². The Labute approximate surface area is 119 Å². The molecule has 0 radical (unpaired) electrons. The zero-order valence-corrected chi connectivity index (χ0v) is 11.9. The highest BCUT2D eigenvalue weighted by Crippen LogP contribution is 2.23. The van der Waals surface area contributed by atoms with E-state index in [0.717, 1.165) is 37.9 Å². The number of carboxylic acids is 1. The van der Waals surface area contributed by atoms with Gasteiger partial charge in [-0.05, 0) is 62.9 Å². The summed E-state index contributed by atoms with van der Waals surface area (Å²) in [4.78, 5) is 13.1. The molecule has 1 unspecified atom stereocenters. The molecule has 1 aromatic rings. The van der Waals surface area contributed by atoms with Gasteiger partial charge in [0.25, 0.3) is 0 Å². The molecule has 110 valence electrons. The molecule has 1 aliphatic heterocycles. The van der Waals surface area contributed by atoms with Crippen LogP contribution in [0.4, 0.5) is 4.39 Å². The van der Waals surface area contributed by atoms with Crippen molar-refractivity contribution in [3.8, 4) is 0 Å². The molecule has 1 heterocycles. The van der Waals surface area contributed by atoms with E-state index in [-0.39, 0.29) is 12.2 Å². The van der Waals surface area contributed by atoms with E-state index in [9.17, 15) is 9.18 Å². The fourth-order valence-corrected chi connectivity index (χ4v) is 2.98. The minimum atomic E-state index is -0.698. The predicted octanol–water partition coefficient (Wildman–Crippen LogP) is 2.94. The molecule has 2 rings (SSSR count). The minimum Gasteiger partial charge on any atom is -0.481 e. The van der Waals surface area contributed by atoms with Crippen molar-refractivity contribution in [3.63, 3.8) is 0 Å². The monoisotopic (exact) mass is 279 g/mol. The van der Waals surface area contributed by atoms with Crippen LogP contribution in [0, 0.1) is 11.7 Å². The fraction of sp³-hybridized carbons (Fsp3) is 0.562. The highest BCUT2D eigenvalue weighted by atomic mass is 19.1. The molecule has 1 saturated heterocycles. The van der Waals surface area contributed by atoms with Gasteiger partial charge in [-0.3, -0.25) is 4.79 Å². The number of carbonyl (C=O) groups is 1. The quantitative estimate of drug-likeness (QED) is 0.901. The van der Waals surface area contributed by atoms with Crippen molar-refractivity contribution in [1.29, 1.82) is 0 Å². The summed E-state index contributed by atoms with van der Waals surface area (Å²) >= 11 is 0. The number of hydrogen-bond donors (Lipinski definition) is 1. The van der Waals surface area contributed by atoms with Crippen molar-refractivity contribution in [3.05, 3.63) is 35.6 Å². The first-order valence-electron chi connectivity index (χ1n) is 7.25. The van der Waals surface area contributed by atoms with Crippen LogP contribution < -0.4 is 0 Å². The maximum absolute atomic E-state index is 13.2. The van der Waals surface area contributed by atoms with Gasteiger partial charge in [-0.25, -0.2) is 4.39 Å². The second-order valence-electron chi connectivity index (χ2n) is 5.76. The zero-order chi connectivity index (χ0) is 14.5. The maximum Gasteiger partial charge on any atom is 0.303 e. The average Bonchev–Trinajstić information content (AvgIpc) is 2.38. The number of aliphatic carboxylic acids is 1. The molecule has 0 aromatic heterocycles. The van der Waals surface area contributed by atoms with E-state index >= 15 is 0 Å². The molecule has 0 spiro atoms. The van der Waals surface area contributed by atoms with Gasteiger partial charge in [-0.15, -0.1) is 0 Å². The lowest BCUT2D eigenvalue weighted by molar-refractivity contribution is -0.138. The van der Waals surface area contributed by atoms with Crippen LogP contribution in [0.1, 0.15) is 31.7 Å². The van der Waals surface area contributed by atoms with E-state index in [1.54, 1.807) is 12.1 Å². The van der Waals surface area contributed by atoms with Crippen LogP contribution in [0.3, 0.4) is 0 Å². The van der Waals surface area contributed by atoms with Crippen molar-refractivity contribution < 1.29 is 14.3 Å². The molecule has 1 atom stereocenters. The number of rotatable bonds is 5. The summed E-state index contributed by atoms with van der Waals surface area (Å²) in [6, 6.07) is 7.12. The molecule has 0 aliphatic carbocycles. The molecular formula is C16H22FNO2. The Balaban J connectivity index is 1.82. The maximum atomic E-state index is 13.2. The lowest BCUT2D eigenvalue weighted by atomic mass is 9.92. The van der Waals surface area contributed by atoms with Crippen LogP contribution in [0.2, 0.25) is 0 Å². The summed E-state index contributed by atoms with van der Waals surface area (Å²) < 4.78 is 13.2. The molecule has 1 aromatic carbocycles. The van der Waals surface area contributed by atoms with Gasteiger partial charge in [-0.2, -0.15) is 0 Å². The largest absolute Gasteiger partial charge is 0.481 e. The van der Waals surface area contributed by atoms with Crippen LogP contribution in [0.15, 0.2) is 24.3 Å². The van der Waals surface area contributed by atoms with E-state index in [4.69, 9.17) is 5.11 Å². The van der Waals surface area contributed by atoms with E-state index in [1.807, 2.05) is 6.07 Å². The molecular weight excluding hydrogens is 257 g/mol. The van der Waals surface area contributed by atoms with E-state index in [1.165, 1.54) is 6.07 Å². The Hall–Kier alpha value is -1.42. The normalized spacial score (nSPS) is 18.9. The smallest absolute Gasteiger partial charge is 0.303 e. The number of benzene rings is 1.